The van der Waals surface area contributed by atoms with E-state index >= 15 is 0 Å². The fourth-order valence-electron chi connectivity index (χ4n) is 3.46. The minimum absolute atomic E-state index is 0.514. The number of amidine groups is 1. The number of aliphatic imine (C=N–C) groups is 1. The number of nitrogens with one attached hydrogen (secondary N) is 1. The van der Waals surface area contributed by atoms with Gasteiger partial charge < -0.3 is 14.5 Å². The Morgan fingerprint density at radius 1 is 0.929 bits per heavy atom. The van der Waals surface area contributed by atoms with Crippen molar-refractivity contribution in [2.24, 2.45) is 4.99 Å². The maximum Gasteiger partial charge on any atom is 0.180 e. The highest BCUT2D eigenvalue weighted by Gasteiger charge is 2.16. The van der Waals surface area contributed by atoms with E-state index in [1.807, 2.05) is 59.3 Å². The normalized spacial score (nSPS) is 13.4. The van der Waals surface area contributed by atoms with Crippen molar-refractivity contribution >= 4 is 11.5 Å². The van der Waals surface area contributed by atoms with Gasteiger partial charge >= 0.3 is 0 Å². The fraction of sp³-hybridized carbons (Fsp3) is 0.130. The molecule has 5 nitrogen and oxygen atoms in total. The first-order chi connectivity index (χ1) is 13.9. The van der Waals surface area contributed by atoms with E-state index in [4.69, 9.17) is 9.72 Å². The molecule has 2 aromatic carbocycles. The van der Waals surface area contributed by atoms with Gasteiger partial charge in [-0.05, 0) is 17.7 Å². The summed E-state index contributed by atoms with van der Waals surface area (Å²) in [6, 6.07) is 22.3. The molecular formula is C23H20N4O. The predicted octanol–water partition coefficient (Wildman–Crippen LogP) is 3.93. The lowest BCUT2D eigenvalue weighted by Gasteiger charge is -2.08. The lowest BCUT2D eigenvalue weighted by atomic mass is 10.0. The summed E-state index contributed by atoms with van der Waals surface area (Å²) in [5.74, 6) is 1.71. The van der Waals surface area contributed by atoms with Gasteiger partial charge in [-0.15, -0.1) is 0 Å². The minimum Gasteiger partial charge on any atom is -0.485 e. The van der Waals surface area contributed by atoms with E-state index in [2.05, 4.69) is 34.6 Å². The molecule has 1 aliphatic heterocycles. The maximum absolute atomic E-state index is 6.07. The summed E-state index contributed by atoms with van der Waals surface area (Å²) in [6.07, 6.45) is 4.04. The van der Waals surface area contributed by atoms with Gasteiger partial charge in [0.15, 0.2) is 11.4 Å². The monoisotopic (exact) mass is 368 g/mol. The molecule has 5 rings (SSSR count). The van der Waals surface area contributed by atoms with E-state index in [1.54, 1.807) is 0 Å². The molecule has 5 heteroatoms. The number of hydrogen-bond acceptors (Lipinski definition) is 4. The Balaban J connectivity index is 1.51. The summed E-state index contributed by atoms with van der Waals surface area (Å²) in [6.45, 7) is 2.21. The van der Waals surface area contributed by atoms with Gasteiger partial charge in [0.05, 0.1) is 12.2 Å². The van der Waals surface area contributed by atoms with Gasteiger partial charge in [0.2, 0.25) is 0 Å². The zero-order valence-corrected chi connectivity index (χ0v) is 15.4. The van der Waals surface area contributed by atoms with Crippen LogP contribution in [0.1, 0.15) is 11.1 Å². The summed E-state index contributed by atoms with van der Waals surface area (Å²) in [4.78, 5) is 9.46. The second-order valence-electron chi connectivity index (χ2n) is 6.71. The average molecular weight is 368 g/mol. The van der Waals surface area contributed by atoms with Crippen molar-refractivity contribution in [3.05, 3.63) is 90.3 Å². The van der Waals surface area contributed by atoms with E-state index in [-0.39, 0.29) is 0 Å². The van der Waals surface area contributed by atoms with Crippen LogP contribution >= 0.6 is 0 Å². The Bertz CT molecular complexity index is 1150. The third-order valence-corrected chi connectivity index (χ3v) is 4.82. The first kappa shape index (κ1) is 16.6. The van der Waals surface area contributed by atoms with Crippen molar-refractivity contribution in [3.8, 4) is 17.0 Å². The molecule has 0 fully saturated rings. The molecule has 0 unspecified atom stereocenters. The van der Waals surface area contributed by atoms with Gasteiger partial charge in [-0.2, -0.15) is 0 Å². The number of hydrogen-bond donors (Lipinski definition) is 1. The Morgan fingerprint density at radius 3 is 2.57 bits per heavy atom. The second kappa shape index (κ2) is 7.19. The van der Waals surface area contributed by atoms with Crippen LogP contribution in [0.25, 0.3) is 16.9 Å². The standard InChI is InChI=1S/C23H20N4O/c1-2-7-17(8-3-1)16-28-21-11-6-14-27-15-20(26-23(21)27)18-9-4-5-10-19(18)22-24-12-13-25-22/h1-11,14-15H,12-13,16H2,(H,24,25). The van der Waals surface area contributed by atoms with Gasteiger partial charge in [-0.3, -0.25) is 4.99 Å². The zero-order valence-electron chi connectivity index (χ0n) is 15.4. The molecule has 0 spiro atoms. The number of imidazole rings is 1. The van der Waals surface area contributed by atoms with Crippen molar-refractivity contribution in [2.45, 2.75) is 6.61 Å². The summed E-state index contributed by atoms with van der Waals surface area (Å²) in [5, 5.41) is 3.36. The SMILES string of the molecule is c1ccc(COc2cccn3cc(-c4ccccc4C4=NCCN4)nc23)cc1. The van der Waals surface area contributed by atoms with E-state index in [1.165, 1.54) is 0 Å². The predicted molar refractivity (Wildman–Crippen MR) is 111 cm³/mol. The molecule has 0 atom stereocenters. The number of aromatic nitrogens is 2. The fourth-order valence-corrected chi connectivity index (χ4v) is 3.46. The third kappa shape index (κ3) is 3.11. The molecule has 0 bridgehead atoms. The smallest absolute Gasteiger partial charge is 0.180 e. The molecule has 3 heterocycles. The zero-order chi connectivity index (χ0) is 18.8. The van der Waals surface area contributed by atoms with Crippen LogP contribution in [0.5, 0.6) is 5.75 Å². The van der Waals surface area contributed by atoms with Gasteiger partial charge in [0.1, 0.15) is 12.4 Å². The van der Waals surface area contributed by atoms with Gasteiger partial charge in [0, 0.05) is 30.1 Å². The number of fused-ring (bicyclic) bond motifs is 1. The average Bonchev–Trinajstić information content (AvgIpc) is 3.43. The van der Waals surface area contributed by atoms with Crippen LogP contribution in [0.2, 0.25) is 0 Å². The summed E-state index contributed by atoms with van der Waals surface area (Å²) in [5.41, 5.74) is 4.99. The maximum atomic E-state index is 6.07. The number of nitrogens with zero attached hydrogens (tertiary/aromatic N) is 3. The Hall–Kier alpha value is -3.60. The number of rotatable bonds is 5. The van der Waals surface area contributed by atoms with E-state index in [0.29, 0.717) is 6.61 Å². The summed E-state index contributed by atoms with van der Waals surface area (Å²) >= 11 is 0. The van der Waals surface area contributed by atoms with Crippen LogP contribution in [0.4, 0.5) is 0 Å². The van der Waals surface area contributed by atoms with Gasteiger partial charge in [-0.25, -0.2) is 4.98 Å². The van der Waals surface area contributed by atoms with Crippen molar-refractivity contribution in [2.75, 3.05) is 13.1 Å². The largest absolute Gasteiger partial charge is 0.485 e. The Labute approximate surface area is 163 Å². The molecule has 138 valence electrons. The van der Waals surface area contributed by atoms with Crippen LogP contribution in [0, 0.1) is 0 Å². The first-order valence-corrected chi connectivity index (χ1v) is 9.41. The first-order valence-electron chi connectivity index (χ1n) is 9.41. The van der Waals surface area contributed by atoms with E-state index in [9.17, 15) is 0 Å². The Kier molecular flexibility index (Phi) is 4.26. The molecule has 0 saturated carbocycles. The molecule has 28 heavy (non-hydrogen) atoms. The molecule has 2 aromatic heterocycles. The quantitative estimate of drug-likeness (QED) is 0.581. The summed E-state index contributed by atoms with van der Waals surface area (Å²) in [7, 11) is 0. The molecule has 0 radical (unpaired) electrons. The van der Waals surface area contributed by atoms with Crippen molar-refractivity contribution in [1.82, 2.24) is 14.7 Å². The third-order valence-electron chi connectivity index (χ3n) is 4.82. The second-order valence-corrected chi connectivity index (χ2v) is 6.71. The van der Waals surface area contributed by atoms with Crippen molar-refractivity contribution in [1.29, 1.82) is 0 Å². The van der Waals surface area contributed by atoms with Crippen LogP contribution in [-0.2, 0) is 6.61 Å². The summed E-state index contributed by atoms with van der Waals surface area (Å²) < 4.78 is 8.08. The molecule has 0 aliphatic carbocycles. The van der Waals surface area contributed by atoms with Crippen molar-refractivity contribution in [3.63, 3.8) is 0 Å². The molecule has 0 amide bonds. The molecular weight excluding hydrogens is 348 g/mol. The van der Waals surface area contributed by atoms with Crippen LogP contribution in [-0.4, -0.2) is 28.3 Å². The topological polar surface area (TPSA) is 50.9 Å². The van der Waals surface area contributed by atoms with Crippen LogP contribution in [0.3, 0.4) is 0 Å². The lowest BCUT2D eigenvalue weighted by molar-refractivity contribution is 0.308. The molecule has 1 aliphatic rings. The minimum atomic E-state index is 0.514. The Morgan fingerprint density at radius 2 is 1.75 bits per heavy atom. The van der Waals surface area contributed by atoms with E-state index < -0.39 is 0 Å². The lowest BCUT2D eigenvalue weighted by Crippen LogP contribution is -2.20. The van der Waals surface area contributed by atoms with Gasteiger partial charge in [0.25, 0.3) is 0 Å². The number of benzene rings is 2. The van der Waals surface area contributed by atoms with Crippen molar-refractivity contribution < 1.29 is 4.74 Å². The molecule has 1 N–H and O–H groups in total. The van der Waals surface area contributed by atoms with E-state index in [0.717, 1.165) is 52.7 Å². The highest BCUT2D eigenvalue weighted by atomic mass is 16.5. The van der Waals surface area contributed by atoms with Crippen LogP contribution < -0.4 is 10.1 Å². The highest BCUT2D eigenvalue weighted by molar-refractivity contribution is 6.05. The highest BCUT2D eigenvalue weighted by Crippen LogP contribution is 2.27. The van der Waals surface area contributed by atoms with Gasteiger partial charge in [-0.1, -0.05) is 54.6 Å². The molecule has 0 saturated heterocycles. The number of ether oxygens (including phenoxy) is 1. The van der Waals surface area contributed by atoms with Crippen LogP contribution in [0.15, 0.2) is 84.1 Å². The number of pyridine rings is 1. The molecule has 4 aromatic rings.